The number of likely N-dealkylation sites (N-methyl/N-ethyl adjacent to an activating group) is 1. The van der Waals surface area contributed by atoms with E-state index in [0.717, 1.165) is 44.2 Å². The Morgan fingerprint density at radius 3 is 2.71 bits per heavy atom. The van der Waals surface area contributed by atoms with Crippen LogP contribution < -0.4 is 15.4 Å². The van der Waals surface area contributed by atoms with Gasteiger partial charge in [-0.2, -0.15) is 0 Å². The Balaban J connectivity index is 1.74. The molecule has 0 aromatic heterocycles. The van der Waals surface area contributed by atoms with E-state index in [4.69, 9.17) is 14.5 Å². The number of benzene rings is 1. The van der Waals surface area contributed by atoms with Crippen LogP contribution in [0, 0.1) is 0 Å². The normalized spacial score (nSPS) is 25.2. The summed E-state index contributed by atoms with van der Waals surface area (Å²) in [5.41, 5.74) is 1.24. The Labute approximate surface area is 169 Å². The summed E-state index contributed by atoms with van der Waals surface area (Å²) >= 11 is 0. The molecule has 2 aliphatic rings. The molecule has 1 aromatic carbocycles. The van der Waals surface area contributed by atoms with Crippen LogP contribution in [0.2, 0.25) is 0 Å². The molecule has 0 spiro atoms. The molecule has 2 bridgehead atoms. The van der Waals surface area contributed by atoms with Crippen LogP contribution in [-0.4, -0.2) is 62.4 Å². The van der Waals surface area contributed by atoms with Gasteiger partial charge in [-0.05, 0) is 57.0 Å². The molecule has 2 N–H and O–H groups in total. The van der Waals surface area contributed by atoms with Gasteiger partial charge in [0.15, 0.2) is 5.96 Å². The van der Waals surface area contributed by atoms with E-state index < -0.39 is 0 Å². The molecule has 0 amide bonds. The second-order valence-corrected chi connectivity index (χ2v) is 7.59. The second-order valence-electron chi connectivity index (χ2n) is 7.59. The smallest absolute Gasteiger partial charge is 0.191 e. The average Bonchev–Trinajstić information content (AvgIpc) is 3.34. The number of methoxy groups -OCH3 is 1. The monoisotopic (exact) mass is 388 g/mol. The summed E-state index contributed by atoms with van der Waals surface area (Å²) in [5.74, 6) is 1.78. The Hall–Kier alpha value is -1.79. The average molecular weight is 389 g/mol. The molecule has 28 heavy (non-hydrogen) atoms. The fourth-order valence-corrected chi connectivity index (χ4v) is 4.41. The third-order valence-corrected chi connectivity index (χ3v) is 5.93. The predicted molar refractivity (Wildman–Crippen MR) is 114 cm³/mol. The minimum atomic E-state index is 0.219. The lowest BCUT2D eigenvalue weighted by Gasteiger charge is -2.30. The van der Waals surface area contributed by atoms with Gasteiger partial charge in [0.25, 0.3) is 0 Å². The lowest BCUT2D eigenvalue weighted by Crippen LogP contribution is -2.47. The molecular formula is C22H36N4O2. The van der Waals surface area contributed by atoms with Gasteiger partial charge in [-0.3, -0.25) is 9.89 Å². The first-order valence-electron chi connectivity index (χ1n) is 10.8. The predicted octanol–water partition coefficient (Wildman–Crippen LogP) is 2.95. The zero-order valence-electron chi connectivity index (χ0n) is 17.8. The Morgan fingerprint density at radius 2 is 2.11 bits per heavy atom. The highest BCUT2D eigenvalue weighted by Crippen LogP contribution is 2.34. The lowest BCUT2D eigenvalue weighted by molar-refractivity contribution is 0.0992. The van der Waals surface area contributed by atoms with Gasteiger partial charge in [-0.25, -0.2) is 0 Å². The first kappa shape index (κ1) is 20.9. The van der Waals surface area contributed by atoms with Crippen LogP contribution in [0.3, 0.4) is 0 Å². The second kappa shape index (κ2) is 10.1. The van der Waals surface area contributed by atoms with Gasteiger partial charge in [-0.1, -0.05) is 26.0 Å². The number of aliphatic imine (C=N–C) groups is 1. The summed E-state index contributed by atoms with van der Waals surface area (Å²) in [7, 11) is 1.72. The Bertz CT molecular complexity index is 647. The van der Waals surface area contributed by atoms with Gasteiger partial charge in [-0.15, -0.1) is 0 Å². The van der Waals surface area contributed by atoms with Crippen molar-refractivity contribution in [3.05, 3.63) is 29.8 Å². The SMILES string of the molecule is CCNC(=NCC(c1cccc(OC)c1)N(CC)CC)NC1CC2CCC1O2. The highest BCUT2D eigenvalue weighted by atomic mass is 16.5. The van der Waals surface area contributed by atoms with Crippen molar-refractivity contribution < 1.29 is 9.47 Å². The summed E-state index contributed by atoms with van der Waals surface area (Å²) in [5, 5.41) is 7.04. The fraction of sp³-hybridized carbons (Fsp3) is 0.682. The van der Waals surface area contributed by atoms with E-state index in [-0.39, 0.29) is 6.04 Å². The maximum atomic E-state index is 5.99. The van der Waals surface area contributed by atoms with Crippen LogP contribution in [0.5, 0.6) is 5.75 Å². The third kappa shape index (κ3) is 4.97. The number of hydrogen-bond donors (Lipinski definition) is 2. The van der Waals surface area contributed by atoms with E-state index in [1.165, 1.54) is 12.0 Å². The molecule has 1 aromatic rings. The fourth-order valence-electron chi connectivity index (χ4n) is 4.41. The molecular weight excluding hydrogens is 352 g/mol. The molecule has 3 rings (SSSR count). The topological polar surface area (TPSA) is 58.1 Å². The zero-order valence-corrected chi connectivity index (χ0v) is 17.8. The molecule has 2 saturated heterocycles. The third-order valence-electron chi connectivity index (χ3n) is 5.93. The van der Waals surface area contributed by atoms with Crippen molar-refractivity contribution in [1.82, 2.24) is 15.5 Å². The van der Waals surface area contributed by atoms with Crippen LogP contribution in [0.25, 0.3) is 0 Å². The number of ether oxygens (including phenoxy) is 2. The van der Waals surface area contributed by atoms with Crippen LogP contribution >= 0.6 is 0 Å². The molecule has 2 fully saturated rings. The van der Waals surface area contributed by atoms with Gasteiger partial charge in [0.05, 0.1) is 37.9 Å². The molecule has 2 heterocycles. The summed E-state index contributed by atoms with van der Waals surface area (Å²) in [6, 6.07) is 8.95. The van der Waals surface area contributed by atoms with E-state index in [2.05, 4.69) is 54.5 Å². The van der Waals surface area contributed by atoms with E-state index in [1.807, 2.05) is 6.07 Å². The van der Waals surface area contributed by atoms with Crippen LogP contribution in [0.15, 0.2) is 29.3 Å². The Kier molecular flexibility index (Phi) is 7.57. The largest absolute Gasteiger partial charge is 0.497 e. The van der Waals surface area contributed by atoms with E-state index in [1.54, 1.807) is 7.11 Å². The number of hydrogen-bond acceptors (Lipinski definition) is 4. The van der Waals surface area contributed by atoms with Gasteiger partial charge >= 0.3 is 0 Å². The van der Waals surface area contributed by atoms with Crippen molar-refractivity contribution in [2.75, 3.05) is 33.3 Å². The molecule has 156 valence electrons. The number of nitrogens with zero attached hydrogens (tertiary/aromatic N) is 2. The van der Waals surface area contributed by atoms with Crippen LogP contribution in [0.1, 0.15) is 51.6 Å². The summed E-state index contributed by atoms with van der Waals surface area (Å²) in [4.78, 5) is 7.41. The molecule has 0 radical (unpaired) electrons. The number of guanidine groups is 1. The molecule has 6 heteroatoms. The van der Waals surface area contributed by atoms with Crippen molar-refractivity contribution in [2.45, 2.75) is 64.3 Å². The van der Waals surface area contributed by atoms with Crippen molar-refractivity contribution >= 4 is 5.96 Å². The van der Waals surface area contributed by atoms with Gasteiger partial charge in [0.1, 0.15) is 5.75 Å². The first-order chi connectivity index (χ1) is 13.7. The van der Waals surface area contributed by atoms with Gasteiger partial charge in [0, 0.05) is 6.54 Å². The minimum absolute atomic E-state index is 0.219. The Morgan fingerprint density at radius 1 is 1.29 bits per heavy atom. The molecule has 0 aliphatic carbocycles. The zero-order chi connectivity index (χ0) is 19.9. The molecule has 6 nitrogen and oxygen atoms in total. The van der Waals surface area contributed by atoms with Crippen molar-refractivity contribution in [3.63, 3.8) is 0 Å². The lowest BCUT2D eigenvalue weighted by atomic mass is 9.96. The van der Waals surface area contributed by atoms with E-state index >= 15 is 0 Å². The molecule has 4 atom stereocenters. The standard InChI is InChI=1S/C22H36N4O2/c1-5-23-22(25-19-14-18-11-12-21(19)28-18)24-15-20(26(6-2)7-3)16-9-8-10-17(13-16)27-4/h8-10,13,18-21H,5-7,11-12,14-15H2,1-4H3,(H2,23,24,25). The maximum absolute atomic E-state index is 5.99. The number of rotatable bonds is 9. The number of fused-ring (bicyclic) bond motifs is 2. The van der Waals surface area contributed by atoms with Crippen molar-refractivity contribution in [2.24, 2.45) is 4.99 Å². The summed E-state index contributed by atoms with van der Waals surface area (Å²) in [6.45, 7) is 10.0. The van der Waals surface area contributed by atoms with Gasteiger partial charge < -0.3 is 20.1 Å². The first-order valence-corrected chi connectivity index (χ1v) is 10.8. The minimum Gasteiger partial charge on any atom is -0.497 e. The van der Waals surface area contributed by atoms with Gasteiger partial charge in [0.2, 0.25) is 0 Å². The molecule has 0 saturated carbocycles. The summed E-state index contributed by atoms with van der Waals surface area (Å²) in [6.07, 6.45) is 4.23. The highest BCUT2D eigenvalue weighted by molar-refractivity contribution is 5.80. The quantitative estimate of drug-likeness (QED) is 0.503. The van der Waals surface area contributed by atoms with E-state index in [9.17, 15) is 0 Å². The molecule has 2 aliphatic heterocycles. The van der Waals surface area contributed by atoms with E-state index in [0.29, 0.717) is 24.8 Å². The maximum Gasteiger partial charge on any atom is 0.191 e. The summed E-state index contributed by atoms with van der Waals surface area (Å²) < 4.78 is 11.4. The van der Waals surface area contributed by atoms with Crippen molar-refractivity contribution in [3.8, 4) is 5.75 Å². The molecule has 4 unspecified atom stereocenters. The highest BCUT2D eigenvalue weighted by Gasteiger charge is 2.41. The van der Waals surface area contributed by atoms with Crippen LogP contribution in [0.4, 0.5) is 0 Å². The van der Waals surface area contributed by atoms with Crippen LogP contribution in [-0.2, 0) is 4.74 Å². The van der Waals surface area contributed by atoms with Crippen molar-refractivity contribution in [1.29, 1.82) is 0 Å². The number of nitrogens with one attached hydrogen (secondary N) is 2.